The zero-order valence-corrected chi connectivity index (χ0v) is 24.5. The number of aliphatic hydroxyl groups excluding tert-OH is 1. The molecule has 6 atom stereocenters. The second kappa shape index (κ2) is 10.8. The minimum Gasteiger partial charge on any atom is -0.395 e. The van der Waals surface area contributed by atoms with Gasteiger partial charge in [0.1, 0.15) is 5.82 Å². The van der Waals surface area contributed by atoms with Crippen LogP contribution in [0.3, 0.4) is 0 Å². The summed E-state index contributed by atoms with van der Waals surface area (Å²) in [6.45, 7) is 6.89. The fourth-order valence-electron chi connectivity index (χ4n) is 8.49. The third-order valence-electron chi connectivity index (χ3n) is 11.0. The number of nitrogens with zero attached hydrogens (tertiary/aromatic N) is 3. The molecule has 10 heteroatoms. The van der Waals surface area contributed by atoms with Gasteiger partial charge in [-0.25, -0.2) is 9.18 Å². The maximum Gasteiger partial charge on any atom is 0.419 e. The molecule has 6 nitrogen and oxygen atoms in total. The van der Waals surface area contributed by atoms with E-state index in [1.165, 1.54) is 0 Å². The fourth-order valence-corrected chi connectivity index (χ4v) is 8.49. The van der Waals surface area contributed by atoms with Gasteiger partial charge < -0.3 is 15.3 Å². The number of amides is 2. The highest BCUT2D eigenvalue weighted by molar-refractivity contribution is 5.89. The molecule has 4 fully saturated rings. The van der Waals surface area contributed by atoms with E-state index in [2.05, 4.69) is 30.1 Å². The van der Waals surface area contributed by atoms with Crippen LogP contribution in [-0.2, 0) is 11.6 Å². The lowest BCUT2D eigenvalue weighted by Crippen LogP contribution is -2.44. The quantitative estimate of drug-likeness (QED) is 0.259. The first-order valence-electron chi connectivity index (χ1n) is 15.2. The van der Waals surface area contributed by atoms with E-state index in [0.717, 1.165) is 56.5 Å². The van der Waals surface area contributed by atoms with Crippen molar-refractivity contribution in [3.8, 4) is 6.07 Å². The van der Waals surface area contributed by atoms with E-state index in [9.17, 15) is 32.7 Å². The van der Waals surface area contributed by atoms with Gasteiger partial charge in [-0.2, -0.15) is 18.4 Å². The molecule has 0 bridgehead atoms. The number of hydrogen-bond donors (Lipinski definition) is 2. The smallest absolute Gasteiger partial charge is 0.395 e. The van der Waals surface area contributed by atoms with Crippen molar-refractivity contribution in [1.29, 1.82) is 5.26 Å². The maximum atomic E-state index is 13.9. The third-order valence-corrected chi connectivity index (χ3v) is 11.0. The first-order chi connectivity index (χ1) is 20.4. The second-order valence-electron chi connectivity index (χ2n) is 13.5. The van der Waals surface area contributed by atoms with Crippen molar-refractivity contribution >= 4 is 11.7 Å². The number of anilines is 1. The lowest BCUT2D eigenvalue weighted by molar-refractivity contribution is -0.139. The van der Waals surface area contributed by atoms with Gasteiger partial charge in [0.25, 0.3) is 0 Å². The number of carbonyl (C=O) groups is 1. The van der Waals surface area contributed by atoms with Crippen molar-refractivity contribution < 1.29 is 27.5 Å². The number of fused-ring (bicyclic) bond motifs is 2. The first-order valence-corrected chi connectivity index (χ1v) is 15.2. The number of carbonyl (C=O) groups excluding carboxylic acids is 1. The van der Waals surface area contributed by atoms with Crippen LogP contribution in [0, 0.1) is 40.3 Å². The van der Waals surface area contributed by atoms with Gasteiger partial charge in [0.2, 0.25) is 0 Å². The molecular formula is C33H38F4N4O2. The van der Waals surface area contributed by atoms with Gasteiger partial charge >= 0.3 is 12.2 Å². The van der Waals surface area contributed by atoms with Crippen LogP contribution in [-0.4, -0.2) is 59.3 Å². The topological polar surface area (TPSA) is 79.6 Å². The third kappa shape index (κ3) is 5.29. The summed E-state index contributed by atoms with van der Waals surface area (Å²) in [5.41, 5.74) is 0.449. The molecule has 2 N–H and O–H groups in total. The van der Waals surface area contributed by atoms with Crippen LogP contribution in [0.4, 0.5) is 28.0 Å². The van der Waals surface area contributed by atoms with Crippen molar-refractivity contribution in [3.05, 3.63) is 65.0 Å². The maximum absolute atomic E-state index is 13.9. The molecule has 4 aliphatic rings. The van der Waals surface area contributed by atoms with Gasteiger partial charge in [-0.05, 0) is 97.7 Å². The van der Waals surface area contributed by atoms with E-state index in [0.29, 0.717) is 36.4 Å². The van der Waals surface area contributed by atoms with E-state index in [-0.39, 0.29) is 41.1 Å². The Bertz CT molecular complexity index is 1420. The Balaban J connectivity index is 1.15. The van der Waals surface area contributed by atoms with Crippen molar-refractivity contribution in [2.24, 2.45) is 23.2 Å². The van der Waals surface area contributed by atoms with E-state index in [4.69, 9.17) is 0 Å². The Morgan fingerprint density at radius 3 is 2.56 bits per heavy atom. The van der Waals surface area contributed by atoms with E-state index in [1.54, 1.807) is 4.90 Å². The van der Waals surface area contributed by atoms with Crippen molar-refractivity contribution in [2.45, 2.75) is 69.6 Å². The predicted molar refractivity (Wildman–Crippen MR) is 154 cm³/mol. The number of likely N-dealkylation sites (tertiary alicyclic amines) is 1. The number of alkyl halides is 3. The van der Waals surface area contributed by atoms with Gasteiger partial charge in [0.05, 0.1) is 23.8 Å². The summed E-state index contributed by atoms with van der Waals surface area (Å²) in [5, 5.41) is 21.8. The highest BCUT2D eigenvalue weighted by atomic mass is 19.4. The molecule has 3 saturated carbocycles. The van der Waals surface area contributed by atoms with Crippen molar-refractivity contribution in [2.75, 3.05) is 31.6 Å². The number of hydrogen-bond acceptors (Lipinski definition) is 4. The highest BCUT2D eigenvalue weighted by Crippen LogP contribution is 2.66. The Morgan fingerprint density at radius 2 is 1.91 bits per heavy atom. The summed E-state index contributed by atoms with van der Waals surface area (Å²) in [6.07, 6.45) is -0.767. The number of piperidine rings is 1. The number of rotatable bonds is 9. The Morgan fingerprint density at radius 1 is 1.16 bits per heavy atom. The van der Waals surface area contributed by atoms with Crippen LogP contribution < -0.4 is 5.32 Å². The second-order valence-corrected chi connectivity index (χ2v) is 13.5. The summed E-state index contributed by atoms with van der Waals surface area (Å²) in [7, 11) is 0. The molecule has 0 spiro atoms. The minimum atomic E-state index is -4.87. The molecule has 1 saturated heterocycles. The molecule has 2 aromatic rings. The molecule has 43 heavy (non-hydrogen) atoms. The summed E-state index contributed by atoms with van der Waals surface area (Å²) in [4.78, 5) is 17.8. The Labute approximate surface area is 249 Å². The number of halogens is 4. The zero-order chi connectivity index (χ0) is 30.7. The van der Waals surface area contributed by atoms with Crippen molar-refractivity contribution in [3.63, 3.8) is 0 Å². The standard InChI is InChI=1S/C33H38F4N4O2/c1-31(2)25-18-40(28(19-42)29(25)31)13-3-4-14-41(30(43)39-22-9-10-26(34)23(15-22)33(35,36)37)27-11-12-32(16-24(27)32)21-7-5-20(17-38)6-8-21/h5-10,15,24-25,27-29,42H,3-4,11-14,16,18-19H2,1-2H3,(H,39,43)/t24-,25-,27-,28-,29-,32?/m1/s1. The van der Waals surface area contributed by atoms with Crippen LogP contribution in [0.2, 0.25) is 0 Å². The monoisotopic (exact) mass is 598 g/mol. The largest absolute Gasteiger partial charge is 0.419 e. The summed E-state index contributed by atoms with van der Waals surface area (Å²) < 4.78 is 53.9. The van der Waals surface area contributed by atoms with Gasteiger partial charge in [-0.3, -0.25) is 4.90 Å². The number of unbranched alkanes of at least 4 members (excludes halogenated alkanes) is 1. The van der Waals surface area contributed by atoms with E-state index >= 15 is 0 Å². The highest BCUT2D eigenvalue weighted by Gasteiger charge is 2.66. The van der Waals surface area contributed by atoms with Crippen LogP contribution >= 0.6 is 0 Å². The number of benzene rings is 2. The average molecular weight is 599 g/mol. The SMILES string of the molecule is CC1(C)[C@H]2[C@@H](CO)N(CCCCN(C(=O)Nc3ccc(F)c(C(F)(F)F)c3)[C@@H]3CCC4(c5ccc(C#N)cc5)C[C@H]34)C[C@H]21. The minimum absolute atomic E-state index is 0.0613. The summed E-state index contributed by atoms with van der Waals surface area (Å²) in [5.74, 6) is -0.0435. The molecule has 2 amide bonds. The molecule has 2 aromatic carbocycles. The lowest BCUT2D eigenvalue weighted by Gasteiger charge is -2.32. The molecule has 3 aliphatic carbocycles. The Kier molecular flexibility index (Phi) is 7.49. The van der Waals surface area contributed by atoms with E-state index < -0.39 is 23.6 Å². The molecule has 1 unspecified atom stereocenters. The van der Waals surface area contributed by atoms with Gasteiger partial charge in [0, 0.05) is 36.3 Å². The van der Waals surface area contributed by atoms with Gasteiger partial charge in [-0.1, -0.05) is 26.0 Å². The molecule has 6 rings (SSSR count). The van der Waals surface area contributed by atoms with Gasteiger partial charge in [0.15, 0.2) is 0 Å². The molecule has 1 aliphatic heterocycles. The zero-order valence-electron chi connectivity index (χ0n) is 24.5. The fraction of sp³-hybridized carbons (Fsp3) is 0.576. The summed E-state index contributed by atoms with van der Waals surface area (Å²) in [6, 6.07) is 11.9. The van der Waals surface area contributed by atoms with Gasteiger partial charge in [-0.15, -0.1) is 0 Å². The number of urea groups is 1. The number of nitriles is 1. The Hall–Kier alpha value is -3.16. The number of nitrogens with one attached hydrogen (secondary N) is 1. The normalized spacial score (nSPS) is 30.3. The molecule has 230 valence electrons. The first kappa shape index (κ1) is 29.9. The molecular weight excluding hydrogens is 560 g/mol. The van der Waals surface area contributed by atoms with Crippen LogP contribution in [0.15, 0.2) is 42.5 Å². The van der Waals surface area contributed by atoms with Crippen LogP contribution in [0.5, 0.6) is 0 Å². The number of aliphatic hydroxyl groups is 1. The lowest BCUT2D eigenvalue weighted by atomic mass is 9.93. The molecule has 0 aromatic heterocycles. The molecule has 0 radical (unpaired) electrons. The predicted octanol–water partition coefficient (Wildman–Crippen LogP) is 6.40. The summed E-state index contributed by atoms with van der Waals surface area (Å²) >= 11 is 0. The average Bonchev–Trinajstić information content (AvgIpc) is 3.67. The molecule has 1 heterocycles. The van der Waals surface area contributed by atoms with Crippen LogP contribution in [0.25, 0.3) is 0 Å². The van der Waals surface area contributed by atoms with Crippen molar-refractivity contribution in [1.82, 2.24) is 9.80 Å². The van der Waals surface area contributed by atoms with E-state index in [1.807, 2.05) is 24.3 Å². The van der Waals surface area contributed by atoms with Crippen LogP contribution in [0.1, 0.15) is 62.6 Å².